The zero-order valence-electron chi connectivity index (χ0n) is 16.4. The first kappa shape index (κ1) is 18.5. The number of carbonyl (C=O) groups is 1. The molecule has 0 radical (unpaired) electrons. The minimum atomic E-state index is 0.168. The highest BCUT2D eigenvalue weighted by molar-refractivity contribution is 7.18. The van der Waals surface area contributed by atoms with Crippen LogP contribution in [-0.2, 0) is 4.79 Å². The minimum absolute atomic E-state index is 0.168. The Morgan fingerprint density at radius 2 is 2.14 bits per heavy atom. The Labute approximate surface area is 177 Å². The number of anilines is 2. The molecule has 0 bridgehead atoms. The van der Waals surface area contributed by atoms with Crippen LogP contribution in [0.3, 0.4) is 0 Å². The van der Waals surface area contributed by atoms with Crippen LogP contribution in [0.4, 0.5) is 11.4 Å². The molecule has 29 heavy (non-hydrogen) atoms. The number of hydrogen-bond donors (Lipinski definition) is 1. The van der Waals surface area contributed by atoms with Crippen molar-refractivity contribution in [1.82, 2.24) is 14.9 Å². The lowest BCUT2D eigenvalue weighted by atomic mass is 9.88. The molecule has 1 fully saturated rings. The first-order valence-corrected chi connectivity index (χ1v) is 11.6. The molecule has 2 unspecified atom stereocenters. The topological polar surface area (TPSA) is 58.1 Å². The normalized spacial score (nSPS) is 19.7. The second-order valence-corrected chi connectivity index (χ2v) is 9.54. The van der Waals surface area contributed by atoms with Crippen molar-refractivity contribution in [2.24, 2.45) is 0 Å². The lowest BCUT2D eigenvalue weighted by Crippen LogP contribution is -2.44. The molecule has 3 aromatic heterocycles. The van der Waals surface area contributed by atoms with E-state index in [0.717, 1.165) is 46.5 Å². The second-order valence-electron chi connectivity index (χ2n) is 7.59. The van der Waals surface area contributed by atoms with Gasteiger partial charge in [-0.1, -0.05) is 0 Å². The quantitative estimate of drug-likeness (QED) is 0.456. The van der Waals surface area contributed by atoms with Crippen LogP contribution in [0.1, 0.15) is 37.5 Å². The third-order valence-electron chi connectivity index (χ3n) is 5.82. The van der Waals surface area contributed by atoms with E-state index in [-0.39, 0.29) is 11.9 Å². The van der Waals surface area contributed by atoms with Crippen molar-refractivity contribution in [2.45, 2.75) is 38.6 Å². The van der Waals surface area contributed by atoms with E-state index in [1.165, 1.54) is 9.58 Å². The third kappa shape index (κ3) is 3.38. The summed E-state index contributed by atoms with van der Waals surface area (Å²) in [6.45, 7) is 4.71. The van der Waals surface area contributed by atoms with E-state index in [9.17, 15) is 4.79 Å². The first-order chi connectivity index (χ1) is 14.1. The van der Waals surface area contributed by atoms with E-state index in [1.54, 1.807) is 29.6 Å². The molecule has 148 valence electrons. The molecule has 1 saturated heterocycles. The van der Waals surface area contributed by atoms with Crippen LogP contribution in [-0.4, -0.2) is 33.4 Å². The molecule has 2 atom stereocenters. The Hall–Kier alpha value is -2.51. The molecule has 4 aromatic rings. The SMILES string of the molecule is CC(=O)N1CCCC(c2cc3c(Nc4ccc5scnc5c4)ccnc3s2)C1C. The summed E-state index contributed by atoms with van der Waals surface area (Å²) >= 11 is 3.40. The van der Waals surface area contributed by atoms with Gasteiger partial charge < -0.3 is 10.2 Å². The number of pyridine rings is 1. The van der Waals surface area contributed by atoms with E-state index in [4.69, 9.17) is 0 Å². The number of amides is 1. The van der Waals surface area contributed by atoms with E-state index in [0.29, 0.717) is 5.92 Å². The predicted octanol–water partition coefficient (Wildman–Crippen LogP) is 5.76. The number of nitrogens with zero attached hydrogens (tertiary/aromatic N) is 3. The van der Waals surface area contributed by atoms with E-state index in [1.807, 2.05) is 22.7 Å². The van der Waals surface area contributed by atoms with E-state index < -0.39 is 0 Å². The lowest BCUT2D eigenvalue weighted by molar-refractivity contribution is -0.132. The van der Waals surface area contributed by atoms with Gasteiger partial charge in [-0.2, -0.15) is 0 Å². The van der Waals surface area contributed by atoms with Gasteiger partial charge in [-0.25, -0.2) is 9.97 Å². The lowest BCUT2D eigenvalue weighted by Gasteiger charge is -2.38. The van der Waals surface area contributed by atoms with Gasteiger partial charge >= 0.3 is 0 Å². The molecule has 1 aromatic carbocycles. The van der Waals surface area contributed by atoms with Gasteiger partial charge in [-0.3, -0.25) is 4.79 Å². The summed E-state index contributed by atoms with van der Waals surface area (Å²) in [5.41, 5.74) is 4.97. The molecule has 0 saturated carbocycles. The van der Waals surface area contributed by atoms with Crippen molar-refractivity contribution in [3.05, 3.63) is 46.9 Å². The Balaban J connectivity index is 1.48. The van der Waals surface area contributed by atoms with Crippen molar-refractivity contribution < 1.29 is 4.79 Å². The fourth-order valence-electron chi connectivity index (χ4n) is 4.31. The van der Waals surface area contributed by atoms with Crippen LogP contribution in [0.15, 0.2) is 42.0 Å². The van der Waals surface area contributed by atoms with Crippen LogP contribution < -0.4 is 5.32 Å². The number of rotatable bonds is 3. The summed E-state index contributed by atoms with van der Waals surface area (Å²) in [6, 6.07) is 10.8. The minimum Gasteiger partial charge on any atom is -0.355 e. The molecule has 1 amide bonds. The molecule has 1 N–H and O–H groups in total. The summed E-state index contributed by atoms with van der Waals surface area (Å²) < 4.78 is 1.19. The Morgan fingerprint density at radius 1 is 1.24 bits per heavy atom. The molecule has 0 spiro atoms. The highest BCUT2D eigenvalue weighted by Gasteiger charge is 2.31. The number of piperidine rings is 1. The summed E-state index contributed by atoms with van der Waals surface area (Å²) in [7, 11) is 0. The fourth-order valence-corrected chi connectivity index (χ4v) is 6.23. The Kier molecular flexibility index (Phi) is 4.72. The van der Waals surface area contributed by atoms with Gasteiger partial charge in [0.15, 0.2) is 0 Å². The van der Waals surface area contributed by atoms with E-state index in [2.05, 4.69) is 46.5 Å². The van der Waals surface area contributed by atoms with Gasteiger partial charge in [0, 0.05) is 47.6 Å². The van der Waals surface area contributed by atoms with Crippen LogP contribution in [0, 0.1) is 0 Å². The highest BCUT2D eigenvalue weighted by atomic mass is 32.1. The molecule has 4 heterocycles. The maximum absolute atomic E-state index is 12.0. The number of aromatic nitrogens is 2. The molecule has 7 heteroatoms. The van der Waals surface area contributed by atoms with Crippen molar-refractivity contribution >= 4 is 60.4 Å². The standard InChI is InChI=1S/C22H22N4OS2/c1-13-16(4-3-9-26(13)14(2)27)21-11-17-18(7-8-23-22(17)29-21)25-15-5-6-20-19(10-15)24-12-28-20/h5-8,10-13,16H,3-4,9H2,1-2H3,(H,23,25). The fraction of sp³-hybridized carbons (Fsp3) is 0.318. The molecule has 5 rings (SSSR count). The largest absolute Gasteiger partial charge is 0.355 e. The molecule has 1 aliphatic heterocycles. The number of benzene rings is 1. The molecule has 1 aliphatic rings. The zero-order chi connectivity index (χ0) is 20.0. The number of likely N-dealkylation sites (tertiary alicyclic amines) is 1. The summed E-state index contributed by atoms with van der Waals surface area (Å²) in [5, 5.41) is 4.69. The van der Waals surface area contributed by atoms with Crippen LogP contribution in [0.5, 0.6) is 0 Å². The van der Waals surface area contributed by atoms with Gasteiger partial charge in [0.05, 0.1) is 21.4 Å². The van der Waals surface area contributed by atoms with Gasteiger partial charge in [-0.05, 0) is 50.1 Å². The number of hydrogen-bond acceptors (Lipinski definition) is 6. The monoisotopic (exact) mass is 422 g/mol. The highest BCUT2D eigenvalue weighted by Crippen LogP contribution is 2.40. The van der Waals surface area contributed by atoms with Crippen molar-refractivity contribution in [3.63, 3.8) is 0 Å². The Bertz CT molecular complexity index is 1200. The molecule has 5 nitrogen and oxygen atoms in total. The average Bonchev–Trinajstić information content (AvgIpc) is 3.34. The van der Waals surface area contributed by atoms with Crippen molar-refractivity contribution in [2.75, 3.05) is 11.9 Å². The molecular weight excluding hydrogens is 400 g/mol. The van der Waals surface area contributed by atoms with E-state index >= 15 is 0 Å². The third-order valence-corrected chi connectivity index (χ3v) is 7.81. The van der Waals surface area contributed by atoms with Gasteiger partial charge in [-0.15, -0.1) is 22.7 Å². The Morgan fingerprint density at radius 3 is 3.00 bits per heavy atom. The second kappa shape index (κ2) is 7.39. The summed E-state index contributed by atoms with van der Waals surface area (Å²) in [6.07, 6.45) is 4.02. The average molecular weight is 423 g/mol. The van der Waals surface area contributed by atoms with Crippen LogP contribution in [0.2, 0.25) is 0 Å². The zero-order valence-corrected chi connectivity index (χ0v) is 18.0. The smallest absolute Gasteiger partial charge is 0.219 e. The number of thiophene rings is 1. The van der Waals surface area contributed by atoms with Crippen molar-refractivity contribution in [1.29, 1.82) is 0 Å². The number of nitrogens with one attached hydrogen (secondary N) is 1. The first-order valence-electron chi connectivity index (χ1n) is 9.86. The van der Waals surface area contributed by atoms with Gasteiger partial charge in [0.2, 0.25) is 5.91 Å². The van der Waals surface area contributed by atoms with Crippen LogP contribution in [0.25, 0.3) is 20.4 Å². The predicted molar refractivity (Wildman–Crippen MR) is 121 cm³/mol. The van der Waals surface area contributed by atoms with Crippen molar-refractivity contribution in [3.8, 4) is 0 Å². The molecular formula is C22H22N4OS2. The summed E-state index contributed by atoms with van der Waals surface area (Å²) in [4.78, 5) is 25.4. The maximum Gasteiger partial charge on any atom is 0.219 e. The van der Waals surface area contributed by atoms with Gasteiger partial charge in [0.25, 0.3) is 0 Å². The van der Waals surface area contributed by atoms with Gasteiger partial charge in [0.1, 0.15) is 4.83 Å². The van der Waals surface area contributed by atoms with Crippen LogP contribution >= 0.6 is 22.7 Å². The molecule has 0 aliphatic carbocycles. The maximum atomic E-state index is 12.0. The number of fused-ring (bicyclic) bond motifs is 2. The number of carbonyl (C=O) groups excluding carboxylic acids is 1. The summed E-state index contributed by atoms with van der Waals surface area (Å²) in [5.74, 6) is 0.535. The number of thiazole rings is 1.